The monoisotopic (exact) mass is 335 g/mol. The quantitative estimate of drug-likeness (QED) is 0.593. The molecule has 0 saturated heterocycles. The number of imidazole rings is 1. The number of fused-ring (bicyclic) bond motifs is 1. The van der Waals surface area contributed by atoms with Gasteiger partial charge in [0.25, 0.3) is 0 Å². The molecule has 0 bridgehead atoms. The largest absolute Gasteiger partial charge is 0.478 e. The number of aromatic amines is 1. The summed E-state index contributed by atoms with van der Waals surface area (Å²) in [6, 6.07) is 11.2. The minimum Gasteiger partial charge on any atom is -0.478 e. The highest BCUT2D eigenvalue weighted by Gasteiger charge is 2.15. The summed E-state index contributed by atoms with van der Waals surface area (Å²) < 4.78 is 15.0. The molecule has 0 radical (unpaired) electrons. The van der Waals surface area contributed by atoms with Crippen molar-refractivity contribution in [1.29, 1.82) is 0 Å². The van der Waals surface area contributed by atoms with Crippen molar-refractivity contribution in [1.82, 2.24) is 14.5 Å². The molecule has 0 spiro atoms. The first-order valence-electron chi connectivity index (χ1n) is 7.65. The van der Waals surface area contributed by atoms with Gasteiger partial charge in [0, 0.05) is 29.9 Å². The highest BCUT2D eigenvalue weighted by Crippen LogP contribution is 2.32. The maximum Gasteiger partial charge on any atom is 0.335 e. The van der Waals surface area contributed by atoms with Gasteiger partial charge in [0.15, 0.2) is 0 Å². The minimum absolute atomic E-state index is 0.192. The maximum atomic E-state index is 13.2. The molecule has 0 atom stereocenters. The molecule has 0 unspecified atom stereocenters. The van der Waals surface area contributed by atoms with Gasteiger partial charge in [-0.05, 0) is 48.0 Å². The van der Waals surface area contributed by atoms with E-state index in [4.69, 9.17) is 0 Å². The van der Waals surface area contributed by atoms with E-state index in [9.17, 15) is 14.3 Å². The third-order valence-corrected chi connectivity index (χ3v) is 4.11. The molecule has 25 heavy (non-hydrogen) atoms. The molecule has 0 aliphatic carbocycles. The molecule has 0 aliphatic rings. The smallest absolute Gasteiger partial charge is 0.335 e. The van der Waals surface area contributed by atoms with E-state index in [2.05, 4.69) is 9.97 Å². The number of hydrogen-bond donors (Lipinski definition) is 2. The Morgan fingerprint density at radius 1 is 1.20 bits per heavy atom. The normalized spacial score (nSPS) is 11.1. The molecule has 4 aromatic rings. The molecule has 0 saturated carbocycles. The number of aryl methyl sites for hydroxylation is 1. The first kappa shape index (κ1) is 15.1. The number of rotatable bonds is 3. The lowest BCUT2D eigenvalue weighted by Crippen LogP contribution is -1.96. The second-order valence-electron chi connectivity index (χ2n) is 5.91. The Morgan fingerprint density at radius 2 is 1.96 bits per heavy atom. The van der Waals surface area contributed by atoms with E-state index >= 15 is 0 Å². The Balaban J connectivity index is 1.96. The SMILES string of the molecule is Cn1cnc(-c2cc(C(=O)O)cc3cc(-c4ccc(F)cc4)[nH]c23)c1. The lowest BCUT2D eigenvalue weighted by atomic mass is 10.0. The predicted molar refractivity (Wildman–Crippen MR) is 92.9 cm³/mol. The van der Waals surface area contributed by atoms with Crippen molar-refractivity contribution in [2.24, 2.45) is 7.05 Å². The average molecular weight is 335 g/mol. The lowest BCUT2D eigenvalue weighted by Gasteiger charge is -2.03. The van der Waals surface area contributed by atoms with Gasteiger partial charge in [-0.3, -0.25) is 0 Å². The van der Waals surface area contributed by atoms with E-state index in [0.717, 1.165) is 22.2 Å². The molecule has 2 heterocycles. The minimum atomic E-state index is -0.997. The van der Waals surface area contributed by atoms with Gasteiger partial charge in [0.05, 0.1) is 23.1 Å². The van der Waals surface area contributed by atoms with Crippen LogP contribution >= 0.6 is 0 Å². The zero-order chi connectivity index (χ0) is 17.6. The van der Waals surface area contributed by atoms with Gasteiger partial charge in [-0.2, -0.15) is 0 Å². The first-order chi connectivity index (χ1) is 12.0. The van der Waals surface area contributed by atoms with E-state index in [0.29, 0.717) is 11.3 Å². The Morgan fingerprint density at radius 3 is 2.60 bits per heavy atom. The fourth-order valence-electron chi connectivity index (χ4n) is 2.91. The van der Waals surface area contributed by atoms with Gasteiger partial charge in [-0.1, -0.05) is 0 Å². The zero-order valence-electron chi connectivity index (χ0n) is 13.3. The van der Waals surface area contributed by atoms with Crippen molar-refractivity contribution in [2.75, 3.05) is 0 Å². The van der Waals surface area contributed by atoms with E-state index in [-0.39, 0.29) is 11.4 Å². The van der Waals surface area contributed by atoms with Gasteiger partial charge in [-0.25, -0.2) is 14.2 Å². The summed E-state index contributed by atoms with van der Waals surface area (Å²) in [5, 5.41) is 10.2. The molecule has 2 aromatic carbocycles. The van der Waals surface area contributed by atoms with E-state index in [1.807, 2.05) is 19.3 Å². The molecule has 0 fully saturated rings. The number of carboxylic acid groups (broad SMARTS) is 1. The van der Waals surface area contributed by atoms with Crippen molar-refractivity contribution >= 4 is 16.9 Å². The summed E-state index contributed by atoms with van der Waals surface area (Å²) in [4.78, 5) is 19.1. The second-order valence-corrected chi connectivity index (χ2v) is 5.91. The van der Waals surface area contributed by atoms with Crippen LogP contribution in [0.1, 0.15) is 10.4 Å². The van der Waals surface area contributed by atoms with Crippen LogP contribution in [-0.4, -0.2) is 25.6 Å². The van der Waals surface area contributed by atoms with Crippen LogP contribution < -0.4 is 0 Å². The number of carboxylic acids is 1. The fourth-order valence-corrected chi connectivity index (χ4v) is 2.91. The van der Waals surface area contributed by atoms with E-state index in [1.165, 1.54) is 12.1 Å². The molecule has 124 valence electrons. The van der Waals surface area contributed by atoms with Gasteiger partial charge < -0.3 is 14.7 Å². The molecule has 6 heteroatoms. The number of carbonyl (C=O) groups is 1. The number of halogens is 1. The Hall–Kier alpha value is -3.41. The number of hydrogen-bond acceptors (Lipinski definition) is 2. The number of nitrogens with one attached hydrogen (secondary N) is 1. The summed E-state index contributed by atoms with van der Waals surface area (Å²) in [5.74, 6) is -1.30. The average Bonchev–Trinajstić information content (AvgIpc) is 3.20. The van der Waals surface area contributed by atoms with Gasteiger partial charge in [0.1, 0.15) is 5.82 Å². The van der Waals surface area contributed by atoms with Crippen molar-refractivity contribution in [2.45, 2.75) is 0 Å². The number of aromatic nitrogens is 3. The van der Waals surface area contributed by atoms with Crippen LogP contribution in [0.5, 0.6) is 0 Å². The Bertz CT molecular complexity index is 1090. The number of benzene rings is 2. The molecule has 5 nitrogen and oxygen atoms in total. The summed E-state index contributed by atoms with van der Waals surface area (Å²) >= 11 is 0. The van der Waals surface area contributed by atoms with Crippen molar-refractivity contribution in [3.05, 3.63) is 66.4 Å². The lowest BCUT2D eigenvalue weighted by molar-refractivity contribution is 0.0697. The van der Waals surface area contributed by atoms with Crippen LogP contribution in [0.15, 0.2) is 55.0 Å². The molecule has 0 aliphatic heterocycles. The third-order valence-electron chi connectivity index (χ3n) is 4.11. The molecular weight excluding hydrogens is 321 g/mol. The number of H-pyrrole nitrogens is 1. The second kappa shape index (κ2) is 5.59. The summed E-state index contributed by atoms with van der Waals surface area (Å²) in [6.07, 6.45) is 3.50. The fraction of sp³-hybridized carbons (Fsp3) is 0.0526. The van der Waals surface area contributed by atoms with Gasteiger partial charge in [0.2, 0.25) is 0 Å². The first-order valence-corrected chi connectivity index (χ1v) is 7.65. The third kappa shape index (κ3) is 2.67. The molecule has 0 amide bonds. The Labute approximate surface area is 142 Å². The number of nitrogens with zero attached hydrogens (tertiary/aromatic N) is 2. The summed E-state index contributed by atoms with van der Waals surface area (Å²) in [5.41, 5.74) is 3.99. The van der Waals surface area contributed by atoms with Crippen molar-refractivity contribution < 1.29 is 14.3 Å². The standard InChI is InChI=1S/C19H14FN3O2/c1-23-9-17(21-10-23)15-7-13(19(24)25)6-12-8-16(22-18(12)15)11-2-4-14(20)5-3-11/h2-10,22H,1H3,(H,24,25). The highest BCUT2D eigenvalue weighted by atomic mass is 19.1. The van der Waals surface area contributed by atoms with Crippen LogP contribution in [0, 0.1) is 5.82 Å². The van der Waals surface area contributed by atoms with E-state index in [1.54, 1.807) is 35.2 Å². The van der Waals surface area contributed by atoms with Crippen LogP contribution in [0.4, 0.5) is 4.39 Å². The molecule has 4 rings (SSSR count). The van der Waals surface area contributed by atoms with Crippen LogP contribution in [-0.2, 0) is 7.05 Å². The molecule has 2 aromatic heterocycles. The topological polar surface area (TPSA) is 70.9 Å². The summed E-state index contributed by atoms with van der Waals surface area (Å²) in [7, 11) is 1.85. The summed E-state index contributed by atoms with van der Waals surface area (Å²) in [6.45, 7) is 0. The zero-order valence-corrected chi connectivity index (χ0v) is 13.3. The van der Waals surface area contributed by atoms with Gasteiger partial charge >= 0.3 is 5.97 Å². The van der Waals surface area contributed by atoms with Crippen LogP contribution in [0.2, 0.25) is 0 Å². The van der Waals surface area contributed by atoms with Crippen molar-refractivity contribution in [3.63, 3.8) is 0 Å². The Kier molecular flexibility index (Phi) is 3.39. The van der Waals surface area contributed by atoms with Gasteiger partial charge in [-0.15, -0.1) is 0 Å². The van der Waals surface area contributed by atoms with Crippen molar-refractivity contribution in [3.8, 4) is 22.5 Å². The highest BCUT2D eigenvalue weighted by molar-refractivity contribution is 6.02. The van der Waals surface area contributed by atoms with Crippen LogP contribution in [0.25, 0.3) is 33.4 Å². The molecule has 2 N–H and O–H groups in total. The van der Waals surface area contributed by atoms with Crippen LogP contribution in [0.3, 0.4) is 0 Å². The van der Waals surface area contributed by atoms with E-state index < -0.39 is 5.97 Å². The maximum absolute atomic E-state index is 13.2. The number of aromatic carboxylic acids is 1. The molecular formula is C19H14FN3O2. The predicted octanol–water partition coefficient (Wildman–Crippen LogP) is 4.07.